The summed E-state index contributed by atoms with van der Waals surface area (Å²) in [4.78, 5) is 13.6. The van der Waals surface area contributed by atoms with E-state index in [1.54, 1.807) is 23.6 Å². The number of phenols is 1. The lowest BCUT2D eigenvalue weighted by Crippen LogP contribution is -2.34. The van der Waals surface area contributed by atoms with Crippen LogP contribution in [0.3, 0.4) is 0 Å². The number of nitrogens with zero attached hydrogens (tertiary/aromatic N) is 1. The van der Waals surface area contributed by atoms with Gasteiger partial charge in [-0.25, -0.2) is 0 Å². The molecule has 0 atom stereocenters. The Balaban J connectivity index is 2.14. The van der Waals surface area contributed by atoms with Crippen molar-refractivity contribution < 1.29 is 9.90 Å². The number of allylic oxidation sites excluding steroid dienone is 1. The molecule has 0 saturated heterocycles. The summed E-state index contributed by atoms with van der Waals surface area (Å²) < 4.78 is 0. The first-order valence-corrected chi connectivity index (χ1v) is 8.24. The van der Waals surface area contributed by atoms with Crippen molar-refractivity contribution in [3.8, 4) is 11.8 Å². The molecule has 2 N–H and O–H groups in total. The quantitative estimate of drug-likeness (QED) is 0.480. The number of amides is 1. The minimum atomic E-state index is -0.756. The second-order valence-corrected chi connectivity index (χ2v) is 6.65. The predicted octanol–water partition coefficient (Wildman–Crippen LogP) is 4.44. The first-order chi connectivity index (χ1) is 11.4. The summed E-state index contributed by atoms with van der Waals surface area (Å²) in [6.07, 6.45) is 1.42. The van der Waals surface area contributed by atoms with Crippen LogP contribution in [-0.4, -0.2) is 11.0 Å². The molecular formula is C19H18N2O2S. The van der Waals surface area contributed by atoms with E-state index in [0.717, 1.165) is 10.5 Å². The fourth-order valence-electron chi connectivity index (χ4n) is 2.08. The van der Waals surface area contributed by atoms with Crippen LogP contribution in [0.1, 0.15) is 19.4 Å². The lowest BCUT2D eigenvalue weighted by atomic mass is 9.83. The van der Waals surface area contributed by atoms with Crippen LogP contribution in [0.15, 0.2) is 64.9 Å². The molecule has 0 aliphatic rings. The number of rotatable bonds is 5. The standard InChI is InChI=1S/C19H18N2O2S/c1-19(2,18(23)21-16-6-3-4-7-17(16)22)14-8-10-15(11-9-14)24-13-5-12-20/h3-11,13,22H,1-2H3,(H,21,23)/b13-5+. The number of para-hydroxylation sites is 2. The van der Waals surface area contributed by atoms with Crippen LogP contribution < -0.4 is 5.32 Å². The van der Waals surface area contributed by atoms with Gasteiger partial charge in [-0.1, -0.05) is 36.0 Å². The summed E-state index contributed by atoms with van der Waals surface area (Å²) in [5, 5.41) is 22.7. The summed E-state index contributed by atoms with van der Waals surface area (Å²) in [6.45, 7) is 3.67. The monoisotopic (exact) mass is 338 g/mol. The molecule has 24 heavy (non-hydrogen) atoms. The van der Waals surface area contributed by atoms with Crippen molar-refractivity contribution in [2.45, 2.75) is 24.2 Å². The maximum absolute atomic E-state index is 12.6. The average Bonchev–Trinajstić information content (AvgIpc) is 2.57. The van der Waals surface area contributed by atoms with E-state index in [2.05, 4.69) is 5.32 Å². The van der Waals surface area contributed by atoms with Crippen molar-refractivity contribution >= 4 is 23.4 Å². The molecule has 4 nitrogen and oxygen atoms in total. The SMILES string of the molecule is CC(C)(C(=O)Nc1ccccc1O)c1ccc(S/C=C/C#N)cc1. The Morgan fingerprint density at radius 3 is 2.50 bits per heavy atom. The van der Waals surface area contributed by atoms with E-state index in [9.17, 15) is 9.90 Å². The molecule has 0 radical (unpaired) electrons. The summed E-state index contributed by atoms with van der Waals surface area (Å²) in [7, 11) is 0. The molecule has 0 aromatic heterocycles. The zero-order valence-corrected chi connectivity index (χ0v) is 14.3. The van der Waals surface area contributed by atoms with E-state index in [1.165, 1.54) is 23.9 Å². The van der Waals surface area contributed by atoms with Gasteiger partial charge < -0.3 is 10.4 Å². The molecule has 0 aliphatic heterocycles. The van der Waals surface area contributed by atoms with Gasteiger partial charge in [-0.05, 0) is 49.1 Å². The smallest absolute Gasteiger partial charge is 0.234 e. The van der Waals surface area contributed by atoms with E-state index in [-0.39, 0.29) is 11.7 Å². The first kappa shape index (κ1) is 17.6. The number of hydrogen-bond acceptors (Lipinski definition) is 4. The summed E-state index contributed by atoms with van der Waals surface area (Å²) >= 11 is 1.44. The molecule has 0 spiro atoms. The minimum Gasteiger partial charge on any atom is -0.506 e. The Morgan fingerprint density at radius 1 is 1.21 bits per heavy atom. The molecule has 2 aromatic rings. The second kappa shape index (κ2) is 7.71. The van der Waals surface area contributed by atoms with Crippen LogP contribution >= 0.6 is 11.8 Å². The molecule has 0 saturated carbocycles. The van der Waals surface area contributed by atoms with Crippen molar-refractivity contribution in [2.24, 2.45) is 0 Å². The molecule has 1 amide bonds. The summed E-state index contributed by atoms with van der Waals surface area (Å²) in [5.41, 5.74) is 0.502. The average molecular weight is 338 g/mol. The second-order valence-electron chi connectivity index (χ2n) is 5.67. The summed E-state index contributed by atoms with van der Waals surface area (Å²) in [5.74, 6) is -0.161. The van der Waals surface area contributed by atoms with Crippen LogP contribution in [0.2, 0.25) is 0 Å². The number of carbonyl (C=O) groups is 1. The Hall–Kier alpha value is -2.71. The van der Waals surface area contributed by atoms with Gasteiger partial charge in [0.1, 0.15) is 5.75 Å². The Morgan fingerprint density at radius 2 is 1.88 bits per heavy atom. The van der Waals surface area contributed by atoms with Gasteiger partial charge in [-0.2, -0.15) is 5.26 Å². The van der Waals surface area contributed by atoms with Gasteiger partial charge in [0.2, 0.25) is 5.91 Å². The molecule has 2 aromatic carbocycles. The lowest BCUT2D eigenvalue weighted by Gasteiger charge is -2.24. The molecular weight excluding hydrogens is 320 g/mol. The lowest BCUT2D eigenvalue weighted by molar-refractivity contribution is -0.120. The van der Waals surface area contributed by atoms with E-state index in [0.29, 0.717) is 5.69 Å². The zero-order chi connectivity index (χ0) is 17.6. The van der Waals surface area contributed by atoms with Gasteiger partial charge in [0, 0.05) is 11.0 Å². The highest BCUT2D eigenvalue weighted by Crippen LogP contribution is 2.29. The fraction of sp³-hybridized carbons (Fsp3) is 0.158. The molecule has 0 heterocycles. The van der Waals surface area contributed by atoms with E-state index < -0.39 is 5.41 Å². The third-order valence-corrected chi connectivity index (χ3v) is 4.46. The first-order valence-electron chi connectivity index (χ1n) is 7.36. The number of carbonyl (C=O) groups excluding carboxylic acids is 1. The van der Waals surface area contributed by atoms with Crippen molar-refractivity contribution in [3.63, 3.8) is 0 Å². The van der Waals surface area contributed by atoms with Crippen LogP contribution in [0.4, 0.5) is 5.69 Å². The number of benzene rings is 2. The van der Waals surface area contributed by atoms with Gasteiger partial charge in [0.15, 0.2) is 0 Å². The Labute approximate surface area is 145 Å². The third kappa shape index (κ3) is 4.18. The molecule has 122 valence electrons. The molecule has 5 heteroatoms. The van der Waals surface area contributed by atoms with Crippen molar-refractivity contribution in [2.75, 3.05) is 5.32 Å². The van der Waals surface area contributed by atoms with Crippen LogP contribution in [-0.2, 0) is 10.2 Å². The van der Waals surface area contributed by atoms with Gasteiger partial charge >= 0.3 is 0 Å². The normalized spacial score (nSPS) is 11.2. The zero-order valence-electron chi connectivity index (χ0n) is 13.5. The molecule has 0 unspecified atom stereocenters. The fourth-order valence-corrected chi connectivity index (χ4v) is 2.66. The number of aromatic hydroxyl groups is 1. The Kier molecular flexibility index (Phi) is 5.67. The summed E-state index contributed by atoms with van der Waals surface area (Å²) in [6, 6.07) is 16.2. The van der Waals surface area contributed by atoms with Crippen LogP contribution in [0, 0.1) is 11.3 Å². The maximum Gasteiger partial charge on any atom is 0.234 e. The van der Waals surface area contributed by atoms with Crippen molar-refractivity contribution in [1.82, 2.24) is 0 Å². The maximum atomic E-state index is 12.6. The van der Waals surface area contributed by atoms with Crippen molar-refractivity contribution in [3.05, 3.63) is 65.6 Å². The van der Waals surface area contributed by atoms with Crippen molar-refractivity contribution in [1.29, 1.82) is 5.26 Å². The topological polar surface area (TPSA) is 73.1 Å². The number of phenolic OH excluding ortho intramolecular Hbond substituents is 1. The van der Waals surface area contributed by atoms with Gasteiger partial charge in [0.05, 0.1) is 17.2 Å². The van der Waals surface area contributed by atoms with E-state index >= 15 is 0 Å². The number of anilines is 1. The van der Waals surface area contributed by atoms with E-state index in [1.807, 2.05) is 44.2 Å². The van der Waals surface area contributed by atoms with E-state index in [4.69, 9.17) is 5.26 Å². The number of nitrogens with one attached hydrogen (secondary N) is 1. The number of thioether (sulfide) groups is 1. The minimum absolute atomic E-state index is 0.0395. The van der Waals surface area contributed by atoms with Crippen LogP contribution in [0.25, 0.3) is 0 Å². The molecule has 0 bridgehead atoms. The van der Waals surface area contributed by atoms with Crippen LogP contribution in [0.5, 0.6) is 5.75 Å². The highest BCUT2D eigenvalue weighted by molar-refractivity contribution is 8.02. The highest BCUT2D eigenvalue weighted by Gasteiger charge is 2.30. The van der Waals surface area contributed by atoms with Gasteiger partial charge in [-0.3, -0.25) is 4.79 Å². The molecule has 0 fully saturated rings. The van der Waals surface area contributed by atoms with Gasteiger partial charge in [-0.15, -0.1) is 0 Å². The molecule has 2 rings (SSSR count). The highest BCUT2D eigenvalue weighted by atomic mass is 32.2. The largest absolute Gasteiger partial charge is 0.506 e. The number of hydrogen-bond donors (Lipinski definition) is 2. The molecule has 0 aliphatic carbocycles. The van der Waals surface area contributed by atoms with Gasteiger partial charge in [0.25, 0.3) is 0 Å². The number of nitriles is 1. The predicted molar refractivity (Wildman–Crippen MR) is 96.8 cm³/mol. The Bertz CT molecular complexity index is 790. The third-order valence-electron chi connectivity index (χ3n) is 3.64.